The summed E-state index contributed by atoms with van der Waals surface area (Å²) in [4.78, 5) is 12.6. The molecule has 0 aliphatic rings. The number of carbonyl (C=O) groups is 1. The Bertz CT molecular complexity index is 1110. The third-order valence-electron chi connectivity index (χ3n) is 4.34. The van der Waals surface area contributed by atoms with Gasteiger partial charge < -0.3 is 9.88 Å². The molecule has 0 atom stereocenters. The van der Waals surface area contributed by atoms with E-state index in [2.05, 4.69) is 11.4 Å². The molecule has 3 aromatic rings. The normalized spacial score (nSPS) is 11.0. The number of aryl methyl sites for hydroxylation is 2. The molecule has 0 unspecified atom stereocenters. The van der Waals surface area contributed by atoms with Crippen LogP contribution in [0.3, 0.4) is 0 Å². The van der Waals surface area contributed by atoms with Crippen LogP contribution in [0.5, 0.6) is 0 Å². The molecule has 27 heavy (non-hydrogen) atoms. The number of carbonyl (C=O) groups excluding carboxylic acids is 1. The minimum Gasteiger partial charge on any atom is -0.346 e. The number of anilines is 1. The number of benzene rings is 2. The lowest BCUT2D eigenvalue weighted by atomic mass is 10.1. The minimum absolute atomic E-state index is 0.0291. The van der Waals surface area contributed by atoms with Crippen LogP contribution in [0.25, 0.3) is 17.0 Å². The quantitative estimate of drug-likeness (QED) is 0.544. The number of hydrogen-bond acceptors (Lipinski definition) is 3. The van der Waals surface area contributed by atoms with E-state index < -0.39 is 5.91 Å². The topological polar surface area (TPSA) is 81.6 Å². The van der Waals surface area contributed by atoms with Crippen LogP contribution >= 0.6 is 0 Å². The number of amides is 1. The molecule has 0 saturated carbocycles. The van der Waals surface area contributed by atoms with Gasteiger partial charge in [-0.25, -0.2) is 0 Å². The summed E-state index contributed by atoms with van der Waals surface area (Å²) in [5.74, 6) is -0.444. The van der Waals surface area contributed by atoms with E-state index in [4.69, 9.17) is 5.26 Å². The van der Waals surface area contributed by atoms with Crippen LogP contribution in [0, 0.1) is 29.6 Å². The van der Waals surface area contributed by atoms with Crippen molar-refractivity contribution in [2.24, 2.45) is 0 Å². The molecule has 0 aliphatic heterocycles. The van der Waals surface area contributed by atoms with Gasteiger partial charge in [0.1, 0.15) is 11.6 Å². The van der Waals surface area contributed by atoms with Gasteiger partial charge in [0.2, 0.25) is 0 Å². The van der Waals surface area contributed by atoms with E-state index in [0.29, 0.717) is 18.7 Å². The first kappa shape index (κ1) is 18.0. The van der Waals surface area contributed by atoms with Gasteiger partial charge in [-0.2, -0.15) is 10.5 Å². The highest BCUT2D eigenvalue weighted by Crippen LogP contribution is 2.24. The van der Waals surface area contributed by atoms with Gasteiger partial charge in [-0.1, -0.05) is 36.4 Å². The zero-order valence-corrected chi connectivity index (χ0v) is 14.9. The third kappa shape index (κ3) is 3.89. The van der Waals surface area contributed by atoms with Crippen LogP contribution in [0.1, 0.15) is 17.5 Å². The molecule has 1 aromatic heterocycles. The highest BCUT2D eigenvalue weighted by Gasteiger charge is 2.13. The highest BCUT2D eigenvalue weighted by atomic mass is 16.1. The Labute approximate surface area is 157 Å². The van der Waals surface area contributed by atoms with E-state index in [1.54, 1.807) is 12.1 Å². The van der Waals surface area contributed by atoms with E-state index >= 15 is 0 Å². The zero-order chi connectivity index (χ0) is 19.2. The van der Waals surface area contributed by atoms with Crippen LogP contribution in [0.15, 0.2) is 60.3 Å². The third-order valence-corrected chi connectivity index (χ3v) is 4.34. The number of nitrogens with one attached hydrogen (secondary N) is 1. The molecule has 0 saturated heterocycles. The van der Waals surface area contributed by atoms with Gasteiger partial charge in [0.05, 0.1) is 12.5 Å². The summed E-state index contributed by atoms with van der Waals surface area (Å²) in [5, 5.41) is 22.1. The first-order valence-electron chi connectivity index (χ1n) is 8.57. The van der Waals surface area contributed by atoms with Gasteiger partial charge in [-0.05, 0) is 30.7 Å². The first-order chi connectivity index (χ1) is 13.1. The largest absolute Gasteiger partial charge is 0.346 e. The summed E-state index contributed by atoms with van der Waals surface area (Å²) in [6, 6.07) is 19.3. The van der Waals surface area contributed by atoms with Crippen LogP contribution in [0.4, 0.5) is 5.69 Å². The maximum absolute atomic E-state index is 12.6. The molecular formula is C22H18N4O. The maximum atomic E-state index is 12.6. The fraction of sp³-hybridized carbons (Fsp3) is 0.136. The molecule has 3 rings (SSSR count). The van der Waals surface area contributed by atoms with Crippen molar-refractivity contribution >= 4 is 28.6 Å². The Morgan fingerprint density at radius 1 is 1.15 bits per heavy atom. The number of rotatable bonds is 5. The molecule has 0 fully saturated rings. The van der Waals surface area contributed by atoms with E-state index in [-0.39, 0.29) is 5.57 Å². The molecular weight excluding hydrogens is 336 g/mol. The second kappa shape index (κ2) is 8.03. The van der Waals surface area contributed by atoms with Gasteiger partial charge >= 0.3 is 0 Å². The van der Waals surface area contributed by atoms with Gasteiger partial charge in [-0.15, -0.1) is 0 Å². The molecule has 5 heteroatoms. The number of para-hydroxylation sites is 2. The Balaban J connectivity index is 1.96. The van der Waals surface area contributed by atoms with Crippen LogP contribution in [-0.2, 0) is 11.3 Å². The standard InChI is InChI=1S/C22H18N4O/c1-16-7-2-4-9-20(16)25-22(27)17(14-24)13-18-15-26(12-6-11-23)21-10-5-3-8-19(18)21/h2-5,7-10,13,15H,6,12H2,1H3,(H,25,27)/b17-13+. The molecule has 0 bridgehead atoms. The minimum atomic E-state index is -0.444. The van der Waals surface area contributed by atoms with Crippen LogP contribution in [-0.4, -0.2) is 10.5 Å². The van der Waals surface area contributed by atoms with Gasteiger partial charge in [-0.3, -0.25) is 4.79 Å². The van der Waals surface area contributed by atoms with Crippen molar-refractivity contribution in [1.82, 2.24) is 4.57 Å². The fourth-order valence-electron chi connectivity index (χ4n) is 2.95. The summed E-state index contributed by atoms with van der Waals surface area (Å²) in [5.41, 5.74) is 3.38. The van der Waals surface area contributed by atoms with E-state index in [9.17, 15) is 10.1 Å². The SMILES string of the molecule is Cc1ccccc1NC(=O)/C(C#N)=C/c1cn(CCC#N)c2ccccc12. The molecule has 132 valence electrons. The van der Waals surface area contributed by atoms with Gasteiger partial charge in [0, 0.05) is 34.9 Å². The molecule has 0 radical (unpaired) electrons. The van der Waals surface area contributed by atoms with Crippen molar-refractivity contribution in [3.8, 4) is 12.1 Å². The van der Waals surface area contributed by atoms with E-state index in [1.807, 2.05) is 66.2 Å². The maximum Gasteiger partial charge on any atom is 0.266 e. The number of fused-ring (bicyclic) bond motifs is 1. The van der Waals surface area contributed by atoms with E-state index in [0.717, 1.165) is 22.0 Å². The second-order valence-electron chi connectivity index (χ2n) is 6.14. The summed E-state index contributed by atoms with van der Waals surface area (Å²) < 4.78 is 1.97. The van der Waals surface area contributed by atoms with Gasteiger partial charge in [0.25, 0.3) is 5.91 Å². The molecule has 5 nitrogen and oxygen atoms in total. The van der Waals surface area contributed by atoms with Crippen molar-refractivity contribution in [1.29, 1.82) is 10.5 Å². The Kier molecular flexibility index (Phi) is 5.35. The van der Waals surface area contributed by atoms with E-state index in [1.165, 1.54) is 0 Å². The number of nitriles is 2. The summed E-state index contributed by atoms with van der Waals surface area (Å²) >= 11 is 0. The molecule has 0 aliphatic carbocycles. The lowest BCUT2D eigenvalue weighted by Gasteiger charge is -2.07. The smallest absolute Gasteiger partial charge is 0.266 e. The Hall–Kier alpha value is -3.83. The first-order valence-corrected chi connectivity index (χ1v) is 8.57. The number of hydrogen-bond donors (Lipinski definition) is 1. The predicted octanol–water partition coefficient (Wildman–Crippen LogP) is 4.41. The predicted molar refractivity (Wildman–Crippen MR) is 106 cm³/mol. The Morgan fingerprint density at radius 2 is 1.89 bits per heavy atom. The molecule has 0 spiro atoms. The van der Waals surface area contributed by atoms with Crippen LogP contribution < -0.4 is 5.32 Å². The summed E-state index contributed by atoms with van der Waals surface area (Å²) in [6.07, 6.45) is 3.86. The highest BCUT2D eigenvalue weighted by molar-refractivity contribution is 6.11. The Morgan fingerprint density at radius 3 is 2.63 bits per heavy atom. The average Bonchev–Trinajstić information content (AvgIpc) is 3.04. The van der Waals surface area contributed by atoms with Crippen molar-refractivity contribution in [2.75, 3.05) is 5.32 Å². The fourth-order valence-corrected chi connectivity index (χ4v) is 2.95. The number of aromatic nitrogens is 1. The van der Waals surface area contributed by atoms with Gasteiger partial charge in [0.15, 0.2) is 0 Å². The lowest BCUT2D eigenvalue weighted by molar-refractivity contribution is -0.112. The molecule has 1 heterocycles. The zero-order valence-electron chi connectivity index (χ0n) is 14.9. The van der Waals surface area contributed by atoms with Crippen molar-refractivity contribution in [3.05, 3.63) is 71.4 Å². The molecule has 1 amide bonds. The monoisotopic (exact) mass is 354 g/mol. The second-order valence-corrected chi connectivity index (χ2v) is 6.14. The average molecular weight is 354 g/mol. The summed E-state index contributed by atoms with van der Waals surface area (Å²) in [7, 11) is 0. The number of nitrogens with zero attached hydrogens (tertiary/aromatic N) is 3. The lowest BCUT2D eigenvalue weighted by Crippen LogP contribution is -2.14. The summed E-state index contributed by atoms with van der Waals surface area (Å²) in [6.45, 7) is 2.45. The van der Waals surface area contributed by atoms with Crippen molar-refractivity contribution in [3.63, 3.8) is 0 Å². The molecule has 1 N–H and O–H groups in total. The molecule has 2 aromatic carbocycles. The van der Waals surface area contributed by atoms with Crippen molar-refractivity contribution < 1.29 is 4.79 Å². The van der Waals surface area contributed by atoms with Crippen LogP contribution in [0.2, 0.25) is 0 Å². The van der Waals surface area contributed by atoms with Crippen molar-refractivity contribution in [2.45, 2.75) is 19.9 Å².